The van der Waals surface area contributed by atoms with Gasteiger partial charge in [0.15, 0.2) is 5.78 Å². The Morgan fingerprint density at radius 1 is 0.920 bits per heavy atom. The van der Waals surface area contributed by atoms with Crippen LogP contribution >= 0.6 is 0 Å². The lowest BCUT2D eigenvalue weighted by molar-refractivity contribution is 0.100. The second kappa shape index (κ2) is 7.51. The van der Waals surface area contributed by atoms with E-state index in [1.165, 1.54) is 37.3 Å². The molecule has 4 nitrogen and oxygen atoms in total. The number of Topliss-reactive ketones (excluding diaryl/α,β-unsaturated/α-hetero) is 1. The quantitative estimate of drug-likeness (QED) is 0.664. The highest BCUT2D eigenvalue weighted by atomic mass is 16.5. The summed E-state index contributed by atoms with van der Waals surface area (Å²) in [5, 5.41) is 2.95. The Balaban J connectivity index is 1.84. The molecule has 4 heteroatoms. The topological polar surface area (TPSA) is 55.4 Å². The fourth-order valence-corrected chi connectivity index (χ4v) is 3.26. The van der Waals surface area contributed by atoms with Gasteiger partial charge in [0.25, 0.3) is 5.91 Å². The zero-order valence-electron chi connectivity index (χ0n) is 14.7. The molecule has 0 bridgehead atoms. The van der Waals surface area contributed by atoms with Gasteiger partial charge in [0, 0.05) is 11.1 Å². The summed E-state index contributed by atoms with van der Waals surface area (Å²) in [4.78, 5) is 23.9. The van der Waals surface area contributed by atoms with Crippen LogP contribution in [0, 0.1) is 0 Å². The van der Waals surface area contributed by atoms with Gasteiger partial charge in [-0.2, -0.15) is 0 Å². The summed E-state index contributed by atoms with van der Waals surface area (Å²) in [6.07, 6.45) is 5.71. The summed E-state index contributed by atoms with van der Waals surface area (Å²) < 4.78 is 5.48. The lowest BCUT2D eigenvalue weighted by atomic mass is 10.0. The van der Waals surface area contributed by atoms with E-state index in [2.05, 4.69) is 11.4 Å². The molecule has 0 atom stereocenters. The van der Waals surface area contributed by atoms with Crippen LogP contribution in [0.2, 0.25) is 0 Å². The van der Waals surface area contributed by atoms with Crippen molar-refractivity contribution in [1.29, 1.82) is 0 Å². The van der Waals surface area contributed by atoms with E-state index >= 15 is 0 Å². The molecule has 2 aromatic carbocycles. The number of rotatable bonds is 4. The lowest BCUT2D eigenvalue weighted by Gasteiger charge is -2.15. The Bertz CT molecular complexity index is 794. The summed E-state index contributed by atoms with van der Waals surface area (Å²) in [7, 11) is 1.62. The SMILES string of the molecule is COc1cc2c(cc1NC(=O)c1ccc(C(C)=O)cc1)CCCCC2. The largest absolute Gasteiger partial charge is 0.495 e. The standard InChI is InChI=1S/C21H23NO3/c1-14(23)15-8-10-16(11-9-15)21(24)22-19-12-17-6-4-3-5-7-18(17)13-20(19)25-2/h8-13H,3-7H2,1-2H3,(H,22,24). The molecule has 0 radical (unpaired) electrons. The highest BCUT2D eigenvalue weighted by molar-refractivity contribution is 6.05. The fourth-order valence-electron chi connectivity index (χ4n) is 3.26. The summed E-state index contributed by atoms with van der Waals surface area (Å²) in [6.45, 7) is 1.51. The lowest BCUT2D eigenvalue weighted by Crippen LogP contribution is -2.13. The van der Waals surface area contributed by atoms with Crippen LogP contribution in [-0.2, 0) is 12.8 Å². The monoisotopic (exact) mass is 337 g/mol. The number of carbonyl (C=O) groups excluding carboxylic acids is 2. The highest BCUT2D eigenvalue weighted by Crippen LogP contribution is 2.32. The number of benzene rings is 2. The third-order valence-corrected chi connectivity index (χ3v) is 4.72. The van der Waals surface area contributed by atoms with Gasteiger partial charge in [-0.15, -0.1) is 0 Å². The maximum Gasteiger partial charge on any atom is 0.255 e. The van der Waals surface area contributed by atoms with Crippen LogP contribution in [0.1, 0.15) is 58.0 Å². The van der Waals surface area contributed by atoms with E-state index in [4.69, 9.17) is 4.74 Å². The fraction of sp³-hybridized carbons (Fsp3) is 0.333. The van der Waals surface area contributed by atoms with E-state index < -0.39 is 0 Å². The zero-order valence-corrected chi connectivity index (χ0v) is 14.7. The number of aryl methyl sites for hydroxylation is 2. The second-order valence-corrected chi connectivity index (χ2v) is 6.47. The number of amides is 1. The number of hydrogen-bond acceptors (Lipinski definition) is 3. The number of nitrogens with one attached hydrogen (secondary N) is 1. The molecule has 1 aliphatic rings. The molecule has 1 N–H and O–H groups in total. The first-order chi connectivity index (χ1) is 12.1. The van der Waals surface area contributed by atoms with Crippen LogP contribution in [0.4, 0.5) is 5.69 Å². The molecule has 0 heterocycles. The second-order valence-electron chi connectivity index (χ2n) is 6.47. The number of ketones is 1. The van der Waals surface area contributed by atoms with Crippen molar-refractivity contribution < 1.29 is 14.3 Å². The van der Waals surface area contributed by atoms with Crippen molar-refractivity contribution in [2.24, 2.45) is 0 Å². The number of anilines is 1. The molecule has 130 valence electrons. The molecule has 1 amide bonds. The summed E-state index contributed by atoms with van der Waals surface area (Å²) in [6, 6.07) is 10.8. The molecule has 25 heavy (non-hydrogen) atoms. The van der Waals surface area contributed by atoms with Crippen molar-refractivity contribution in [3.63, 3.8) is 0 Å². The molecule has 2 aromatic rings. The molecule has 0 unspecified atom stereocenters. The Morgan fingerprint density at radius 2 is 1.52 bits per heavy atom. The molecule has 0 fully saturated rings. The van der Waals surface area contributed by atoms with Crippen LogP contribution in [0.25, 0.3) is 0 Å². The molecular formula is C21H23NO3. The zero-order chi connectivity index (χ0) is 17.8. The van der Waals surface area contributed by atoms with Gasteiger partial charge in [-0.3, -0.25) is 9.59 Å². The number of carbonyl (C=O) groups is 2. The van der Waals surface area contributed by atoms with E-state index in [-0.39, 0.29) is 11.7 Å². The average molecular weight is 337 g/mol. The van der Waals surface area contributed by atoms with Crippen LogP contribution in [0.5, 0.6) is 5.75 Å². The van der Waals surface area contributed by atoms with E-state index in [1.54, 1.807) is 31.4 Å². The third-order valence-electron chi connectivity index (χ3n) is 4.72. The van der Waals surface area contributed by atoms with Crippen LogP contribution < -0.4 is 10.1 Å². The van der Waals surface area contributed by atoms with E-state index in [1.807, 2.05) is 6.07 Å². The van der Waals surface area contributed by atoms with Crippen LogP contribution in [-0.4, -0.2) is 18.8 Å². The maximum atomic E-state index is 12.5. The third kappa shape index (κ3) is 3.90. The minimum absolute atomic E-state index is 0.0145. The summed E-state index contributed by atoms with van der Waals surface area (Å²) in [5.74, 6) is 0.468. The average Bonchev–Trinajstić information content (AvgIpc) is 2.85. The molecule has 3 rings (SSSR count). The van der Waals surface area contributed by atoms with Gasteiger partial charge >= 0.3 is 0 Å². The Kier molecular flexibility index (Phi) is 5.17. The van der Waals surface area contributed by atoms with Gasteiger partial charge in [-0.05, 0) is 68.0 Å². The first-order valence-electron chi connectivity index (χ1n) is 8.70. The van der Waals surface area contributed by atoms with Crippen molar-refractivity contribution in [2.45, 2.75) is 39.0 Å². The Hall–Kier alpha value is -2.62. The molecule has 0 aromatic heterocycles. The molecular weight excluding hydrogens is 314 g/mol. The highest BCUT2D eigenvalue weighted by Gasteiger charge is 2.15. The number of fused-ring (bicyclic) bond motifs is 1. The molecule has 0 saturated heterocycles. The normalized spacial score (nSPS) is 13.5. The molecule has 0 aliphatic heterocycles. The van der Waals surface area contributed by atoms with Gasteiger partial charge in [0.2, 0.25) is 0 Å². The van der Waals surface area contributed by atoms with Gasteiger partial charge in [0.05, 0.1) is 12.8 Å². The Labute approximate surface area is 148 Å². The van der Waals surface area contributed by atoms with Crippen molar-refractivity contribution in [3.8, 4) is 5.75 Å². The van der Waals surface area contributed by atoms with Gasteiger partial charge in [-0.25, -0.2) is 0 Å². The molecule has 0 saturated carbocycles. The number of ether oxygens (including phenoxy) is 1. The first kappa shape index (κ1) is 17.2. The summed E-state index contributed by atoms with van der Waals surface area (Å²) in [5.41, 5.74) is 4.42. The van der Waals surface area contributed by atoms with E-state index in [9.17, 15) is 9.59 Å². The smallest absolute Gasteiger partial charge is 0.255 e. The minimum Gasteiger partial charge on any atom is -0.495 e. The van der Waals surface area contributed by atoms with Crippen LogP contribution in [0.15, 0.2) is 36.4 Å². The van der Waals surface area contributed by atoms with Crippen molar-refractivity contribution in [3.05, 3.63) is 58.7 Å². The minimum atomic E-state index is -0.207. The predicted molar refractivity (Wildman–Crippen MR) is 98.7 cm³/mol. The molecule has 0 spiro atoms. The van der Waals surface area contributed by atoms with Crippen molar-refractivity contribution >= 4 is 17.4 Å². The maximum absolute atomic E-state index is 12.5. The Morgan fingerprint density at radius 3 is 2.12 bits per heavy atom. The predicted octanol–water partition coefficient (Wildman–Crippen LogP) is 4.42. The van der Waals surface area contributed by atoms with Gasteiger partial charge in [0.1, 0.15) is 5.75 Å². The van der Waals surface area contributed by atoms with Gasteiger partial charge in [-0.1, -0.05) is 18.6 Å². The van der Waals surface area contributed by atoms with Crippen molar-refractivity contribution in [1.82, 2.24) is 0 Å². The van der Waals surface area contributed by atoms with E-state index in [0.717, 1.165) is 12.8 Å². The summed E-state index contributed by atoms with van der Waals surface area (Å²) >= 11 is 0. The van der Waals surface area contributed by atoms with Gasteiger partial charge < -0.3 is 10.1 Å². The number of methoxy groups -OCH3 is 1. The van der Waals surface area contributed by atoms with Crippen molar-refractivity contribution in [2.75, 3.05) is 12.4 Å². The van der Waals surface area contributed by atoms with E-state index in [0.29, 0.717) is 22.6 Å². The number of hydrogen-bond donors (Lipinski definition) is 1. The first-order valence-corrected chi connectivity index (χ1v) is 8.70. The van der Waals surface area contributed by atoms with Crippen LogP contribution in [0.3, 0.4) is 0 Å². The molecule has 1 aliphatic carbocycles.